The summed E-state index contributed by atoms with van der Waals surface area (Å²) < 4.78 is 6.91. The third-order valence-corrected chi connectivity index (χ3v) is 4.01. The number of nitrogens with zero attached hydrogens (tertiary/aromatic N) is 2. The first-order chi connectivity index (χ1) is 14.0. The lowest BCUT2D eigenvalue weighted by Crippen LogP contribution is -2.41. The summed E-state index contributed by atoms with van der Waals surface area (Å²) in [6.45, 7) is 1.98. The minimum absolute atomic E-state index is 0.308. The van der Waals surface area contributed by atoms with Crippen molar-refractivity contribution < 1.29 is 19.1 Å². The second-order valence-electron chi connectivity index (χ2n) is 6.26. The van der Waals surface area contributed by atoms with Crippen molar-refractivity contribution >= 4 is 23.6 Å². The minimum atomic E-state index is -1.13. The van der Waals surface area contributed by atoms with Gasteiger partial charge in [0, 0.05) is 18.1 Å². The summed E-state index contributed by atoms with van der Waals surface area (Å²) in [5, 5.41) is 8.79. The fourth-order valence-corrected chi connectivity index (χ4v) is 2.51. The number of aromatic nitrogens is 2. The van der Waals surface area contributed by atoms with E-state index in [-0.39, 0.29) is 0 Å². The topological polar surface area (TPSA) is 102 Å². The van der Waals surface area contributed by atoms with Crippen molar-refractivity contribution in [3.63, 3.8) is 0 Å². The van der Waals surface area contributed by atoms with Gasteiger partial charge in [-0.25, -0.2) is 9.59 Å². The van der Waals surface area contributed by atoms with E-state index in [0.29, 0.717) is 17.8 Å². The lowest BCUT2D eigenvalue weighted by atomic mass is 10.1. The number of benzene rings is 2. The van der Waals surface area contributed by atoms with Gasteiger partial charge in [0.15, 0.2) is 6.10 Å². The number of hydrogen-bond donors (Lipinski definition) is 2. The number of ether oxygens (including phenoxy) is 1. The molecule has 0 spiro atoms. The summed E-state index contributed by atoms with van der Waals surface area (Å²) in [6, 6.07) is 16.6. The Morgan fingerprint density at radius 2 is 1.76 bits per heavy atom. The van der Waals surface area contributed by atoms with E-state index in [1.54, 1.807) is 65.5 Å². The summed E-state index contributed by atoms with van der Waals surface area (Å²) in [5.74, 6) is -1.37. The van der Waals surface area contributed by atoms with Gasteiger partial charge in [-0.2, -0.15) is 5.10 Å². The Kier molecular flexibility index (Phi) is 6.36. The molecule has 0 fully saturated rings. The maximum Gasteiger partial charge on any atom is 0.338 e. The van der Waals surface area contributed by atoms with Crippen LogP contribution in [0.25, 0.3) is 0 Å². The molecular formula is C21H20N4O4. The fraction of sp³-hybridized carbons (Fsp3) is 0.143. The highest BCUT2D eigenvalue weighted by Crippen LogP contribution is 2.09. The molecule has 0 bridgehead atoms. The maximum atomic E-state index is 12.2. The van der Waals surface area contributed by atoms with E-state index in [2.05, 4.69) is 15.7 Å². The largest absolute Gasteiger partial charge is 0.449 e. The fourth-order valence-electron chi connectivity index (χ4n) is 2.51. The molecule has 2 aromatic carbocycles. The highest BCUT2D eigenvalue weighted by Gasteiger charge is 2.21. The van der Waals surface area contributed by atoms with Gasteiger partial charge in [-0.1, -0.05) is 30.3 Å². The molecule has 0 saturated heterocycles. The number of para-hydroxylation sites is 1. The quantitative estimate of drug-likeness (QED) is 0.628. The molecule has 2 N–H and O–H groups in total. The summed E-state index contributed by atoms with van der Waals surface area (Å²) in [4.78, 5) is 36.2. The van der Waals surface area contributed by atoms with Crippen LogP contribution in [-0.4, -0.2) is 33.8 Å². The van der Waals surface area contributed by atoms with E-state index in [9.17, 15) is 14.4 Å². The van der Waals surface area contributed by atoms with Crippen molar-refractivity contribution in [2.24, 2.45) is 0 Å². The first-order valence-corrected chi connectivity index (χ1v) is 8.95. The van der Waals surface area contributed by atoms with Crippen LogP contribution < -0.4 is 10.6 Å². The van der Waals surface area contributed by atoms with Crippen molar-refractivity contribution in [2.75, 3.05) is 5.32 Å². The molecule has 3 aromatic rings. The molecule has 0 radical (unpaired) electrons. The van der Waals surface area contributed by atoms with E-state index in [4.69, 9.17) is 4.74 Å². The first-order valence-electron chi connectivity index (χ1n) is 8.95. The molecule has 0 saturated carbocycles. The summed E-state index contributed by atoms with van der Waals surface area (Å²) in [6.07, 6.45) is 2.40. The molecule has 1 unspecified atom stereocenters. The van der Waals surface area contributed by atoms with Gasteiger partial charge in [-0.3, -0.25) is 14.8 Å². The van der Waals surface area contributed by atoms with Crippen LogP contribution in [0.3, 0.4) is 0 Å². The summed E-state index contributed by atoms with van der Waals surface area (Å²) in [5.41, 5.74) is 1.81. The number of nitrogens with one attached hydrogen (secondary N) is 2. The molecule has 1 atom stereocenters. The van der Waals surface area contributed by atoms with Crippen molar-refractivity contribution in [3.8, 4) is 0 Å². The third kappa shape index (κ3) is 5.77. The van der Waals surface area contributed by atoms with Crippen molar-refractivity contribution in [2.45, 2.75) is 19.6 Å². The number of esters is 1. The van der Waals surface area contributed by atoms with Crippen LogP contribution in [0, 0.1) is 0 Å². The van der Waals surface area contributed by atoms with Gasteiger partial charge in [0.25, 0.3) is 5.91 Å². The van der Waals surface area contributed by atoms with Crippen molar-refractivity contribution in [1.29, 1.82) is 0 Å². The number of rotatable bonds is 6. The van der Waals surface area contributed by atoms with E-state index < -0.39 is 24.0 Å². The van der Waals surface area contributed by atoms with Crippen LogP contribution in [0.15, 0.2) is 73.1 Å². The minimum Gasteiger partial charge on any atom is -0.449 e. The molecule has 29 heavy (non-hydrogen) atoms. The number of carbonyl (C=O) groups excluding carboxylic acids is 3. The lowest BCUT2D eigenvalue weighted by molar-refractivity contribution is -0.127. The number of carbonyl (C=O) groups is 3. The van der Waals surface area contributed by atoms with Gasteiger partial charge < -0.3 is 10.1 Å². The smallest absolute Gasteiger partial charge is 0.338 e. The van der Waals surface area contributed by atoms with Crippen molar-refractivity contribution in [3.05, 3.63) is 84.2 Å². The molecule has 8 nitrogen and oxygen atoms in total. The Labute approximate surface area is 167 Å². The number of amides is 3. The summed E-state index contributed by atoms with van der Waals surface area (Å²) >= 11 is 0. The molecule has 8 heteroatoms. The van der Waals surface area contributed by atoms with Crippen LogP contribution in [0.5, 0.6) is 0 Å². The zero-order valence-electron chi connectivity index (χ0n) is 15.7. The highest BCUT2D eigenvalue weighted by molar-refractivity contribution is 6.03. The van der Waals surface area contributed by atoms with Crippen LogP contribution in [-0.2, 0) is 16.1 Å². The average Bonchev–Trinajstić information content (AvgIpc) is 3.22. The Hall–Kier alpha value is -3.94. The van der Waals surface area contributed by atoms with Gasteiger partial charge >= 0.3 is 12.0 Å². The molecule has 0 aliphatic rings. The van der Waals surface area contributed by atoms with Crippen molar-refractivity contribution in [1.82, 2.24) is 15.1 Å². The predicted octanol–water partition coefficient (Wildman–Crippen LogP) is 2.83. The Bertz CT molecular complexity index is 970. The molecule has 1 heterocycles. The Morgan fingerprint density at radius 3 is 2.41 bits per heavy atom. The second kappa shape index (κ2) is 9.32. The zero-order chi connectivity index (χ0) is 20.6. The lowest BCUT2D eigenvalue weighted by Gasteiger charge is -2.13. The molecule has 3 rings (SSSR count). The van der Waals surface area contributed by atoms with Crippen LogP contribution >= 0.6 is 0 Å². The van der Waals surface area contributed by atoms with Gasteiger partial charge in [0.2, 0.25) is 0 Å². The molecule has 0 aliphatic carbocycles. The van der Waals surface area contributed by atoms with Gasteiger partial charge in [-0.05, 0) is 42.8 Å². The zero-order valence-corrected chi connectivity index (χ0v) is 15.7. The van der Waals surface area contributed by atoms with E-state index in [1.165, 1.54) is 6.92 Å². The first kappa shape index (κ1) is 19.8. The van der Waals surface area contributed by atoms with Crippen LogP contribution in [0.2, 0.25) is 0 Å². The Balaban J connectivity index is 1.50. The average molecular weight is 392 g/mol. The predicted molar refractivity (Wildman–Crippen MR) is 106 cm³/mol. The standard InChI is InChI=1S/C21H20N4O4/c1-15(19(26)24-21(28)23-18-6-3-2-4-7-18)29-20(27)17-10-8-16(9-11-17)14-25-13-5-12-22-25/h2-13,15H,14H2,1H3,(H2,23,24,26,28). The maximum absolute atomic E-state index is 12.2. The number of imide groups is 1. The third-order valence-electron chi connectivity index (χ3n) is 4.01. The normalized spacial score (nSPS) is 11.3. The van der Waals surface area contributed by atoms with Gasteiger partial charge in [0.05, 0.1) is 12.1 Å². The molecule has 1 aromatic heterocycles. The van der Waals surface area contributed by atoms with Crippen LogP contribution in [0.1, 0.15) is 22.8 Å². The van der Waals surface area contributed by atoms with Crippen LogP contribution in [0.4, 0.5) is 10.5 Å². The van der Waals surface area contributed by atoms with E-state index >= 15 is 0 Å². The molecule has 0 aliphatic heterocycles. The number of anilines is 1. The van der Waals surface area contributed by atoms with Gasteiger partial charge in [-0.15, -0.1) is 0 Å². The SMILES string of the molecule is CC(OC(=O)c1ccc(Cn2cccn2)cc1)C(=O)NC(=O)Nc1ccccc1. The highest BCUT2D eigenvalue weighted by atomic mass is 16.5. The molecule has 3 amide bonds. The molecule has 148 valence electrons. The second-order valence-corrected chi connectivity index (χ2v) is 6.26. The monoisotopic (exact) mass is 392 g/mol. The number of urea groups is 1. The van der Waals surface area contributed by atoms with Gasteiger partial charge in [0.1, 0.15) is 0 Å². The van der Waals surface area contributed by atoms with E-state index in [0.717, 1.165) is 5.56 Å². The molecular weight excluding hydrogens is 372 g/mol. The number of hydrogen-bond acceptors (Lipinski definition) is 5. The van der Waals surface area contributed by atoms with E-state index in [1.807, 2.05) is 12.3 Å². The summed E-state index contributed by atoms with van der Waals surface area (Å²) in [7, 11) is 0. The Morgan fingerprint density at radius 1 is 1.03 bits per heavy atom.